The van der Waals surface area contributed by atoms with Crippen LogP contribution in [0.5, 0.6) is 0 Å². The van der Waals surface area contributed by atoms with E-state index in [1.165, 1.54) is 12.8 Å². The van der Waals surface area contributed by atoms with Crippen molar-refractivity contribution >= 4 is 9.28 Å². The van der Waals surface area contributed by atoms with Crippen LogP contribution in [0, 0.1) is 0 Å². The van der Waals surface area contributed by atoms with Crippen molar-refractivity contribution in [2.75, 3.05) is 26.4 Å². The Balaban J connectivity index is 2.15. The maximum atomic E-state index is 5.93. The maximum Gasteiger partial charge on any atom is 0.324 e. The maximum absolute atomic E-state index is 5.93. The molecule has 0 N–H and O–H groups in total. The lowest BCUT2D eigenvalue weighted by atomic mass is 10.4. The molecule has 0 aromatic rings. The molecular weight excluding hydrogens is 260 g/mol. The number of ether oxygens (including phenoxy) is 2. The first-order chi connectivity index (χ1) is 9.26. The zero-order valence-electron chi connectivity index (χ0n) is 12.7. The summed E-state index contributed by atoms with van der Waals surface area (Å²) in [4.78, 5) is 0. The average Bonchev–Trinajstić information content (AvgIpc) is 3.21. The highest BCUT2D eigenvalue weighted by molar-refractivity contribution is 6.44. The van der Waals surface area contributed by atoms with Gasteiger partial charge in [-0.05, 0) is 19.8 Å². The van der Waals surface area contributed by atoms with E-state index in [0.717, 1.165) is 38.7 Å². The lowest BCUT2D eigenvalue weighted by Crippen LogP contribution is -2.29. The molecule has 114 valence electrons. The Bertz CT molecular complexity index is 202. The van der Waals surface area contributed by atoms with Crippen molar-refractivity contribution in [3.8, 4) is 0 Å². The molecule has 2 unspecified atom stereocenters. The summed E-state index contributed by atoms with van der Waals surface area (Å²) in [6.07, 6.45) is 5.12. The first-order valence-corrected chi connectivity index (χ1v) is 9.48. The molecule has 1 saturated heterocycles. The highest BCUT2D eigenvalue weighted by Crippen LogP contribution is 2.13. The van der Waals surface area contributed by atoms with Gasteiger partial charge >= 0.3 is 9.28 Å². The summed E-state index contributed by atoms with van der Waals surface area (Å²) in [5.74, 6) is 0. The van der Waals surface area contributed by atoms with E-state index in [1.54, 1.807) is 0 Å². The van der Waals surface area contributed by atoms with Crippen molar-refractivity contribution in [2.45, 2.75) is 64.7 Å². The number of hydrogen-bond acceptors (Lipinski definition) is 4. The summed E-state index contributed by atoms with van der Waals surface area (Å²) in [7, 11) is -1.56. The van der Waals surface area contributed by atoms with Crippen LogP contribution in [0.25, 0.3) is 0 Å². The minimum atomic E-state index is -1.56. The van der Waals surface area contributed by atoms with Gasteiger partial charge in [0.2, 0.25) is 0 Å². The Morgan fingerprint density at radius 3 is 2.21 bits per heavy atom. The first-order valence-electron chi connectivity index (χ1n) is 7.72. The van der Waals surface area contributed by atoms with Gasteiger partial charge in [-0.3, -0.25) is 0 Å². The second kappa shape index (κ2) is 10.8. The Morgan fingerprint density at radius 2 is 1.74 bits per heavy atom. The molecule has 1 aliphatic heterocycles. The lowest BCUT2D eigenvalue weighted by Gasteiger charge is -2.20. The minimum Gasteiger partial charge on any atom is -0.396 e. The largest absolute Gasteiger partial charge is 0.396 e. The van der Waals surface area contributed by atoms with Crippen molar-refractivity contribution in [3.63, 3.8) is 0 Å². The molecule has 1 aliphatic rings. The van der Waals surface area contributed by atoms with Crippen molar-refractivity contribution in [1.82, 2.24) is 0 Å². The van der Waals surface area contributed by atoms with E-state index in [0.29, 0.717) is 12.7 Å². The Hall–Kier alpha value is 0.0569. The summed E-state index contributed by atoms with van der Waals surface area (Å²) in [5, 5.41) is 0. The van der Waals surface area contributed by atoms with Gasteiger partial charge in [0.25, 0.3) is 0 Å². The molecule has 0 aromatic heterocycles. The molecule has 0 amide bonds. The summed E-state index contributed by atoms with van der Waals surface area (Å²) < 4.78 is 22.8. The van der Waals surface area contributed by atoms with Crippen molar-refractivity contribution in [2.24, 2.45) is 0 Å². The number of hydrogen-bond donors (Lipinski definition) is 0. The molecule has 1 heterocycles. The second-order valence-electron chi connectivity index (χ2n) is 5.21. The van der Waals surface area contributed by atoms with E-state index in [4.69, 9.17) is 18.3 Å². The average molecular weight is 290 g/mol. The van der Waals surface area contributed by atoms with Crippen LogP contribution in [0.15, 0.2) is 0 Å². The third-order valence-corrected chi connectivity index (χ3v) is 5.36. The van der Waals surface area contributed by atoms with Gasteiger partial charge in [0.05, 0.1) is 19.3 Å². The third kappa shape index (κ3) is 9.57. The van der Waals surface area contributed by atoms with Crippen molar-refractivity contribution in [3.05, 3.63) is 0 Å². The highest BCUT2D eigenvalue weighted by atomic mass is 28.3. The monoisotopic (exact) mass is 290 g/mol. The number of rotatable bonds is 13. The first kappa shape index (κ1) is 17.1. The van der Waals surface area contributed by atoms with Crippen LogP contribution in [0.1, 0.15) is 46.5 Å². The van der Waals surface area contributed by atoms with Crippen LogP contribution < -0.4 is 0 Å². The van der Waals surface area contributed by atoms with Crippen LogP contribution in [-0.2, 0) is 18.3 Å². The van der Waals surface area contributed by atoms with Gasteiger partial charge in [-0.1, -0.05) is 26.7 Å². The van der Waals surface area contributed by atoms with E-state index >= 15 is 0 Å². The highest BCUT2D eigenvalue weighted by Gasteiger charge is 2.25. The van der Waals surface area contributed by atoms with E-state index in [1.807, 2.05) is 0 Å². The molecule has 0 aromatic carbocycles. The van der Waals surface area contributed by atoms with Gasteiger partial charge in [-0.25, -0.2) is 0 Å². The van der Waals surface area contributed by atoms with Gasteiger partial charge in [0.1, 0.15) is 6.10 Å². The van der Waals surface area contributed by atoms with Crippen LogP contribution in [0.3, 0.4) is 0 Å². The molecule has 0 spiro atoms. The smallest absolute Gasteiger partial charge is 0.324 e. The molecule has 0 radical (unpaired) electrons. The molecule has 1 fully saturated rings. The number of unbranched alkanes of at least 4 members (excludes halogenated alkanes) is 2. The van der Waals surface area contributed by atoms with E-state index in [2.05, 4.69) is 20.8 Å². The summed E-state index contributed by atoms with van der Waals surface area (Å²) in [5.41, 5.74) is 0. The molecule has 0 bridgehead atoms. The van der Waals surface area contributed by atoms with Crippen molar-refractivity contribution < 1.29 is 18.3 Å². The van der Waals surface area contributed by atoms with Crippen LogP contribution in [-0.4, -0.2) is 47.9 Å². The Labute approximate surface area is 119 Å². The third-order valence-electron chi connectivity index (χ3n) is 3.10. The van der Waals surface area contributed by atoms with Crippen LogP contribution in [0.4, 0.5) is 0 Å². The fraction of sp³-hybridized carbons (Fsp3) is 1.00. The van der Waals surface area contributed by atoms with Gasteiger partial charge in [-0.15, -0.1) is 0 Å². The van der Waals surface area contributed by atoms with Crippen molar-refractivity contribution in [1.29, 1.82) is 0 Å². The summed E-state index contributed by atoms with van der Waals surface area (Å²) in [6.45, 7) is 9.70. The van der Waals surface area contributed by atoms with E-state index in [-0.39, 0.29) is 6.10 Å². The lowest BCUT2D eigenvalue weighted by molar-refractivity contribution is 0.0579. The van der Waals surface area contributed by atoms with Crippen LogP contribution >= 0.6 is 0 Å². The van der Waals surface area contributed by atoms with E-state index < -0.39 is 9.28 Å². The molecule has 2 atom stereocenters. The van der Waals surface area contributed by atoms with Gasteiger partial charge < -0.3 is 18.3 Å². The molecular formula is C14H30O4Si. The zero-order valence-corrected chi connectivity index (χ0v) is 13.9. The topological polar surface area (TPSA) is 40.2 Å². The Kier molecular flexibility index (Phi) is 9.72. The van der Waals surface area contributed by atoms with Gasteiger partial charge in [0.15, 0.2) is 0 Å². The zero-order chi connectivity index (χ0) is 13.9. The summed E-state index contributed by atoms with van der Waals surface area (Å²) >= 11 is 0. The van der Waals surface area contributed by atoms with Gasteiger partial charge in [-0.2, -0.15) is 0 Å². The summed E-state index contributed by atoms with van der Waals surface area (Å²) in [6, 6.07) is 0.931. The Morgan fingerprint density at radius 1 is 1.16 bits per heavy atom. The number of epoxide rings is 1. The predicted molar refractivity (Wildman–Crippen MR) is 78.8 cm³/mol. The molecule has 0 aliphatic carbocycles. The molecule has 5 heteroatoms. The predicted octanol–water partition coefficient (Wildman–Crippen LogP) is 2.64. The quantitative estimate of drug-likeness (QED) is 0.297. The second-order valence-corrected chi connectivity index (χ2v) is 7.21. The SMILES string of the molecule is CCCCO[SiH](CC(C)OCC1CO1)OCCCC. The standard InChI is InChI=1S/C14H30O4Si/c1-4-6-8-17-19(18-9-7-5-2)12-13(3)15-10-14-11-16-14/h13-14,19H,4-12H2,1-3H3. The van der Waals surface area contributed by atoms with Gasteiger partial charge in [0, 0.05) is 19.3 Å². The molecule has 0 saturated carbocycles. The minimum absolute atomic E-state index is 0.212. The molecule has 4 nitrogen and oxygen atoms in total. The molecule has 19 heavy (non-hydrogen) atoms. The molecule has 1 rings (SSSR count). The van der Waals surface area contributed by atoms with E-state index in [9.17, 15) is 0 Å². The normalized spacial score (nSPS) is 19.9. The fourth-order valence-electron chi connectivity index (χ4n) is 1.68. The van der Waals surface area contributed by atoms with Crippen LogP contribution in [0.2, 0.25) is 6.04 Å². The fourth-order valence-corrected chi connectivity index (χ4v) is 3.58.